The molecule has 2 N–H and O–H groups in total. The molecule has 1 aliphatic rings. The van der Waals surface area contributed by atoms with Crippen molar-refractivity contribution in [2.24, 2.45) is 0 Å². The number of piperazine rings is 1. The number of benzene rings is 1. The molecule has 0 saturated carbocycles. The number of rotatable bonds is 3. The van der Waals surface area contributed by atoms with Crippen molar-refractivity contribution in [3.05, 3.63) is 28.2 Å². The maximum Gasteiger partial charge on any atom is 0.226 e. The van der Waals surface area contributed by atoms with E-state index < -0.39 is 0 Å². The van der Waals surface area contributed by atoms with Crippen LogP contribution in [0.2, 0.25) is 0 Å². The highest BCUT2D eigenvalue weighted by molar-refractivity contribution is 9.10. The van der Waals surface area contributed by atoms with Gasteiger partial charge in [0.15, 0.2) is 0 Å². The maximum absolute atomic E-state index is 12.1. The molecule has 1 heterocycles. The molecule has 1 saturated heterocycles. The summed E-state index contributed by atoms with van der Waals surface area (Å²) in [7, 11) is 2.07. The first-order chi connectivity index (χ1) is 9.06. The van der Waals surface area contributed by atoms with Gasteiger partial charge in [-0.3, -0.25) is 4.79 Å². The van der Waals surface area contributed by atoms with E-state index in [1.807, 2.05) is 25.1 Å². The Hall–Kier alpha value is -0.910. The Morgan fingerprint density at radius 3 is 3.05 bits per heavy atom. The van der Waals surface area contributed by atoms with E-state index in [2.05, 4.69) is 38.5 Å². The number of nitrogens with one attached hydrogen (secondary N) is 2. The largest absolute Gasteiger partial charge is 0.326 e. The third-order valence-electron chi connectivity index (χ3n) is 3.53. The molecule has 0 radical (unpaired) electrons. The van der Waals surface area contributed by atoms with E-state index in [1.165, 1.54) is 0 Å². The summed E-state index contributed by atoms with van der Waals surface area (Å²) >= 11 is 3.42. The fraction of sp³-hybridized carbons (Fsp3) is 0.500. The Kier molecular flexibility index (Phi) is 4.96. The molecule has 2 rings (SSSR count). The lowest BCUT2D eigenvalue weighted by Crippen LogP contribution is -2.50. The second-order valence-electron chi connectivity index (χ2n) is 5.05. The van der Waals surface area contributed by atoms with Crippen LogP contribution in [0.4, 0.5) is 5.69 Å². The fourth-order valence-corrected chi connectivity index (χ4v) is 2.75. The summed E-state index contributed by atoms with van der Waals surface area (Å²) in [5.74, 6) is 0.0750. The van der Waals surface area contributed by atoms with Crippen LogP contribution in [0.1, 0.15) is 12.0 Å². The molecular formula is C14H20BrN3O. The third-order valence-corrected chi connectivity index (χ3v) is 4.02. The average molecular weight is 326 g/mol. The Balaban J connectivity index is 1.93. The Bertz CT molecular complexity index is 464. The smallest absolute Gasteiger partial charge is 0.226 e. The first-order valence-corrected chi connectivity index (χ1v) is 7.32. The van der Waals surface area contributed by atoms with E-state index in [1.54, 1.807) is 0 Å². The zero-order valence-corrected chi connectivity index (χ0v) is 13.0. The summed E-state index contributed by atoms with van der Waals surface area (Å²) < 4.78 is 1.03. The van der Waals surface area contributed by atoms with Gasteiger partial charge in [0.1, 0.15) is 0 Å². The van der Waals surface area contributed by atoms with E-state index in [4.69, 9.17) is 0 Å². The number of hydrogen-bond donors (Lipinski definition) is 2. The third kappa shape index (κ3) is 4.03. The van der Waals surface area contributed by atoms with Crippen molar-refractivity contribution in [1.82, 2.24) is 10.2 Å². The van der Waals surface area contributed by atoms with Crippen molar-refractivity contribution in [3.8, 4) is 0 Å². The van der Waals surface area contributed by atoms with Gasteiger partial charge < -0.3 is 15.5 Å². The molecular weight excluding hydrogens is 306 g/mol. The Labute approximate surface area is 122 Å². The second kappa shape index (κ2) is 6.50. The minimum absolute atomic E-state index is 0.0750. The predicted molar refractivity (Wildman–Crippen MR) is 81.4 cm³/mol. The molecule has 1 fully saturated rings. The van der Waals surface area contributed by atoms with E-state index >= 15 is 0 Å². The summed E-state index contributed by atoms with van der Waals surface area (Å²) in [6.07, 6.45) is 0.527. The van der Waals surface area contributed by atoms with E-state index in [9.17, 15) is 4.79 Å². The van der Waals surface area contributed by atoms with Crippen molar-refractivity contribution in [3.63, 3.8) is 0 Å². The van der Waals surface area contributed by atoms with Gasteiger partial charge in [-0.2, -0.15) is 0 Å². The van der Waals surface area contributed by atoms with Crippen LogP contribution in [0, 0.1) is 6.92 Å². The highest BCUT2D eigenvalue weighted by Crippen LogP contribution is 2.20. The van der Waals surface area contributed by atoms with Gasteiger partial charge in [-0.25, -0.2) is 0 Å². The molecule has 0 aromatic heterocycles. The number of amides is 1. The van der Waals surface area contributed by atoms with Crippen LogP contribution in [0.15, 0.2) is 22.7 Å². The summed E-state index contributed by atoms with van der Waals surface area (Å²) in [5.41, 5.74) is 1.96. The number of hydrogen-bond acceptors (Lipinski definition) is 3. The SMILES string of the molecule is Cc1cc(Br)ccc1NC(=O)CC1CNCCN1C. The van der Waals surface area contributed by atoms with Crippen LogP contribution >= 0.6 is 15.9 Å². The number of carbonyl (C=O) groups is 1. The molecule has 19 heavy (non-hydrogen) atoms. The maximum atomic E-state index is 12.1. The lowest BCUT2D eigenvalue weighted by atomic mass is 10.1. The van der Waals surface area contributed by atoms with Crippen LogP contribution in [0.25, 0.3) is 0 Å². The molecule has 1 unspecified atom stereocenters. The van der Waals surface area contributed by atoms with Gasteiger partial charge in [0.2, 0.25) is 5.91 Å². The van der Waals surface area contributed by atoms with Gasteiger partial charge in [-0.15, -0.1) is 0 Å². The van der Waals surface area contributed by atoms with Crippen LogP contribution in [0.5, 0.6) is 0 Å². The molecule has 5 heteroatoms. The van der Waals surface area contributed by atoms with Gasteiger partial charge >= 0.3 is 0 Å². The standard InChI is InChI=1S/C14H20BrN3O/c1-10-7-11(15)3-4-13(10)17-14(19)8-12-9-16-5-6-18(12)2/h3-4,7,12,16H,5-6,8-9H2,1-2H3,(H,17,19). The molecule has 4 nitrogen and oxygen atoms in total. The second-order valence-corrected chi connectivity index (χ2v) is 5.97. The zero-order valence-electron chi connectivity index (χ0n) is 11.4. The van der Waals surface area contributed by atoms with Gasteiger partial charge in [0.05, 0.1) is 0 Å². The molecule has 0 spiro atoms. The summed E-state index contributed by atoms with van der Waals surface area (Å²) in [6, 6.07) is 6.16. The molecule has 0 bridgehead atoms. The van der Waals surface area contributed by atoms with E-state index in [-0.39, 0.29) is 11.9 Å². The normalized spacial score (nSPS) is 20.3. The first kappa shape index (κ1) is 14.5. The number of anilines is 1. The van der Waals surface area contributed by atoms with Gasteiger partial charge in [0.25, 0.3) is 0 Å². The molecule has 0 aliphatic carbocycles. The lowest BCUT2D eigenvalue weighted by molar-refractivity contribution is -0.117. The van der Waals surface area contributed by atoms with E-state index in [0.717, 1.165) is 35.4 Å². The first-order valence-electron chi connectivity index (χ1n) is 6.53. The number of halogens is 1. The van der Waals surface area contributed by atoms with Gasteiger partial charge in [-0.05, 0) is 37.7 Å². The number of likely N-dealkylation sites (N-methyl/N-ethyl adjacent to an activating group) is 1. The summed E-state index contributed by atoms with van der Waals surface area (Å²) in [4.78, 5) is 14.3. The van der Waals surface area contributed by atoms with Gasteiger partial charge in [-0.1, -0.05) is 15.9 Å². The van der Waals surface area contributed by atoms with Crippen molar-refractivity contribution >= 4 is 27.5 Å². The molecule has 1 aliphatic heterocycles. The van der Waals surface area contributed by atoms with Crippen LogP contribution in [-0.4, -0.2) is 43.5 Å². The molecule has 1 aromatic rings. The highest BCUT2D eigenvalue weighted by Gasteiger charge is 2.21. The Morgan fingerprint density at radius 2 is 2.37 bits per heavy atom. The Morgan fingerprint density at radius 1 is 1.58 bits per heavy atom. The topological polar surface area (TPSA) is 44.4 Å². The lowest BCUT2D eigenvalue weighted by Gasteiger charge is -2.32. The highest BCUT2D eigenvalue weighted by atomic mass is 79.9. The monoisotopic (exact) mass is 325 g/mol. The summed E-state index contributed by atoms with van der Waals surface area (Å²) in [6.45, 7) is 4.87. The molecule has 1 atom stereocenters. The van der Waals surface area contributed by atoms with Crippen molar-refractivity contribution in [2.75, 3.05) is 32.0 Å². The van der Waals surface area contributed by atoms with Crippen molar-refractivity contribution in [2.45, 2.75) is 19.4 Å². The van der Waals surface area contributed by atoms with Gasteiger partial charge in [0, 0.05) is 42.3 Å². The van der Waals surface area contributed by atoms with Crippen LogP contribution < -0.4 is 10.6 Å². The van der Waals surface area contributed by atoms with Crippen molar-refractivity contribution < 1.29 is 4.79 Å². The fourth-order valence-electron chi connectivity index (χ4n) is 2.27. The minimum atomic E-state index is 0.0750. The van der Waals surface area contributed by atoms with E-state index in [0.29, 0.717) is 6.42 Å². The predicted octanol–water partition coefficient (Wildman–Crippen LogP) is 1.99. The minimum Gasteiger partial charge on any atom is -0.326 e. The molecule has 104 valence electrons. The molecule has 1 aromatic carbocycles. The number of carbonyl (C=O) groups excluding carboxylic acids is 1. The zero-order chi connectivity index (χ0) is 13.8. The number of nitrogens with zero attached hydrogens (tertiary/aromatic N) is 1. The van der Waals surface area contributed by atoms with Crippen LogP contribution in [-0.2, 0) is 4.79 Å². The van der Waals surface area contributed by atoms with Crippen LogP contribution in [0.3, 0.4) is 0 Å². The molecule has 1 amide bonds. The summed E-state index contributed by atoms with van der Waals surface area (Å²) in [5, 5.41) is 6.32. The number of aryl methyl sites for hydroxylation is 1. The quantitative estimate of drug-likeness (QED) is 0.893. The van der Waals surface area contributed by atoms with Crippen molar-refractivity contribution in [1.29, 1.82) is 0 Å². The average Bonchev–Trinajstić information content (AvgIpc) is 2.36.